The molecule has 1 aromatic carbocycles. The van der Waals surface area contributed by atoms with Crippen LogP contribution in [0.5, 0.6) is 0 Å². The minimum absolute atomic E-state index is 0.234. The molecule has 0 radical (unpaired) electrons. The molecule has 1 aliphatic rings. The molecular weight excluding hydrogens is 274 g/mol. The molecule has 2 aromatic rings. The molecule has 22 heavy (non-hydrogen) atoms. The Morgan fingerprint density at radius 2 is 2.05 bits per heavy atom. The van der Waals surface area contributed by atoms with Crippen molar-refractivity contribution in [2.24, 2.45) is 0 Å². The first-order valence-corrected chi connectivity index (χ1v) is 8.08. The molecule has 0 saturated carbocycles. The number of nitrogens with zero attached hydrogens (tertiary/aromatic N) is 3. The third-order valence-corrected chi connectivity index (χ3v) is 4.19. The van der Waals surface area contributed by atoms with Gasteiger partial charge in [0.15, 0.2) is 0 Å². The fourth-order valence-electron chi connectivity index (χ4n) is 3.18. The van der Waals surface area contributed by atoms with E-state index in [0.29, 0.717) is 6.54 Å². The summed E-state index contributed by atoms with van der Waals surface area (Å²) in [7, 11) is 0. The largest absolute Gasteiger partial charge is 0.362 e. The number of para-hydroxylation sites is 1. The number of aromatic nitrogens is 1. The predicted molar refractivity (Wildman–Crippen MR) is 90.2 cm³/mol. The van der Waals surface area contributed by atoms with E-state index in [2.05, 4.69) is 28.9 Å². The first-order chi connectivity index (χ1) is 10.7. The van der Waals surface area contributed by atoms with Crippen molar-refractivity contribution in [3.05, 3.63) is 36.0 Å². The summed E-state index contributed by atoms with van der Waals surface area (Å²) in [4.78, 5) is 21.3. The summed E-state index contributed by atoms with van der Waals surface area (Å²) in [5.41, 5.74) is 3.13. The fourth-order valence-corrected chi connectivity index (χ4v) is 3.18. The van der Waals surface area contributed by atoms with Crippen LogP contribution in [0.3, 0.4) is 0 Å². The van der Waals surface area contributed by atoms with Crippen molar-refractivity contribution in [1.29, 1.82) is 0 Å². The van der Waals surface area contributed by atoms with Crippen molar-refractivity contribution in [3.8, 4) is 0 Å². The van der Waals surface area contributed by atoms with Gasteiger partial charge in [-0.05, 0) is 31.9 Å². The van der Waals surface area contributed by atoms with Gasteiger partial charge < -0.3 is 9.80 Å². The van der Waals surface area contributed by atoms with Gasteiger partial charge in [-0.15, -0.1) is 0 Å². The molecule has 0 unspecified atom stereocenters. The maximum absolute atomic E-state index is 12.5. The topological polar surface area (TPSA) is 36.4 Å². The molecule has 116 valence electrons. The summed E-state index contributed by atoms with van der Waals surface area (Å²) in [6.07, 6.45) is 2.03. The van der Waals surface area contributed by atoms with Crippen molar-refractivity contribution in [1.82, 2.24) is 9.88 Å². The Morgan fingerprint density at radius 3 is 2.86 bits per heavy atom. The van der Waals surface area contributed by atoms with Crippen LogP contribution in [0.2, 0.25) is 0 Å². The summed E-state index contributed by atoms with van der Waals surface area (Å²) >= 11 is 0. The minimum atomic E-state index is 0.234. The average Bonchev–Trinajstić information content (AvgIpc) is 2.69. The van der Waals surface area contributed by atoms with Gasteiger partial charge in [0.25, 0.3) is 0 Å². The number of carbonyl (C=O) groups excluding carboxylic acids is 1. The lowest BCUT2D eigenvalue weighted by Gasteiger charge is -2.24. The SMILES string of the molecule is CCCN1CCCN(c2cc(C)nc3ccccc23)CC1=O. The molecule has 1 aromatic heterocycles. The van der Waals surface area contributed by atoms with E-state index in [9.17, 15) is 4.79 Å². The molecule has 0 atom stereocenters. The molecule has 4 nitrogen and oxygen atoms in total. The first-order valence-electron chi connectivity index (χ1n) is 8.08. The molecule has 1 fully saturated rings. The van der Waals surface area contributed by atoms with Gasteiger partial charge in [0.05, 0.1) is 12.1 Å². The van der Waals surface area contributed by atoms with Crippen LogP contribution in [-0.4, -0.2) is 42.0 Å². The smallest absolute Gasteiger partial charge is 0.242 e. The van der Waals surface area contributed by atoms with Crippen LogP contribution < -0.4 is 4.90 Å². The van der Waals surface area contributed by atoms with E-state index < -0.39 is 0 Å². The van der Waals surface area contributed by atoms with Crippen LogP contribution in [-0.2, 0) is 4.79 Å². The number of amides is 1. The molecule has 1 amide bonds. The van der Waals surface area contributed by atoms with Crippen LogP contribution in [0.25, 0.3) is 10.9 Å². The van der Waals surface area contributed by atoms with E-state index in [1.807, 2.05) is 30.0 Å². The molecule has 4 heteroatoms. The van der Waals surface area contributed by atoms with Crippen molar-refractivity contribution < 1.29 is 4.79 Å². The highest BCUT2D eigenvalue weighted by Crippen LogP contribution is 2.27. The molecule has 0 bridgehead atoms. The number of hydrogen-bond acceptors (Lipinski definition) is 3. The summed E-state index contributed by atoms with van der Waals surface area (Å²) in [5, 5.41) is 1.13. The van der Waals surface area contributed by atoms with Crippen molar-refractivity contribution in [3.63, 3.8) is 0 Å². The average molecular weight is 297 g/mol. The van der Waals surface area contributed by atoms with Crippen LogP contribution in [0, 0.1) is 6.92 Å². The first kappa shape index (κ1) is 14.8. The Labute approximate surface area is 131 Å². The second-order valence-electron chi connectivity index (χ2n) is 5.96. The van der Waals surface area contributed by atoms with E-state index in [1.165, 1.54) is 0 Å². The van der Waals surface area contributed by atoms with E-state index in [1.54, 1.807) is 0 Å². The summed E-state index contributed by atoms with van der Waals surface area (Å²) < 4.78 is 0. The van der Waals surface area contributed by atoms with Gasteiger partial charge in [-0.3, -0.25) is 9.78 Å². The van der Waals surface area contributed by atoms with Crippen LogP contribution in [0.1, 0.15) is 25.5 Å². The number of benzene rings is 1. The Morgan fingerprint density at radius 1 is 1.23 bits per heavy atom. The number of anilines is 1. The summed E-state index contributed by atoms with van der Waals surface area (Å²) in [5.74, 6) is 0.234. The highest BCUT2D eigenvalue weighted by molar-refractivity contribution is 5.94. The molecule has 2 heterocycles. The zero-order valence-electron chi connectivity index (χ0n) is 13.4. The van der Waals surface area contributed by atoms with Crippen LogP contribution >= 0.6 is 0 Å². The second kappa shape index (κ2) is 6.34. The predicted octanol–water partition coefficient (Wildman–Crippen LogP) is 2.99. The van der Waals surface area contributed by atoms with Crippen LogP contribution in [0.15, 0.2) is 30.3 Å². The number of fused-ring (bicyclic) bond motifs is 1. The molecule has 1 aliphatic heterocycles. The molecular formula is C18H23N3O. The Kier molecular flexibility index (Phi) is 4.27. The summed E-state index contributed by atoms with van der Waals surface area (Å²) in [6.45, 7) is 7.25. The fraction of sp³-hybridized carbons (Fsp3) is 0.444. The number of pyridine rings is 1. The van der Waals surface area contributed by atoms with Gasteiger partial charge in [0, 0.05) is 36.4 Å². The number of rotatable bonds is 3. The van der Waals surface area contributed by atoms with Gasteiger partial charge in [-0.1, -0.05) is 25.1 Å². The zero-order chi connectivity index (χ0) is 15.5. The second-order valence-corrected chi connectivity index (χ2v) is 5.96. The van der Waals surface area contributed by atoms with Gasteiger partial charge >= 0.3 is 0 Å². The Hall–Kier alpha value is -2.10. The van der Waals surface area contributed by atoms with E-state index in [0.717, 1.165) is 54.8 Å². The van der Waals surface area contributed by atoms with E-state index in [4.69, 9.17) is 0 Å². The lowest BCUT2D eigenvalue weighted by atomic mass is 10.1. The van der Waals surface area contributed by atoms with E-state index in [-0.39, 0.29) is 5.91 Å². The maximum atomic E-state index is 12.5. The highest BCUT2D eigenvalue weighted by atomic mass is 16.2. The maximum Gasteiger partial charge on any atom is 0.242 e. The number of hydrogen-bond donors (Lipinski definition) is 0. The molecule has 0 aliphatic carbocycles. The van der Waals surface area contributed by atoms with Crippen LogP contribution in [0.4, 0.5) is 5.69 Å². The normalized spacial score (nSPS) is 16.2. The molecule has 3 rings (SSSR count). The van der Waals surface area contributed by atoms with Gasteiger partial charge in [-0.25, -0.2) is 0 Å². The third-order valence-electron chi connectivity index (χ3n) is 4.19. The Balaban J connectivity index is 1.95. The van der Waals surface area contributed by atoms with Crippen molar-refractivity contribution in [2.75, 3.05) is 31.1 Å². The van der Waals surface area contributed by atoms with Crippen molar-refractivity contribution >= 4 is 22.5 Å². The van der Waals surface area contributed by atoms with Gasteiger partial charge in [0.2, 0.25) is 5.91 Å². The number of aryl methyl sites for hydroxylation is 1. The zero-order valence-corrected chi connectivity index (χ0v) is 13.4. The molecule has 0 N–H and O–H groups in total. The summed E-state index contributed by atoms with van der Waals surface area (Å²) in [6, 6.07) is 10.3. The lowest BCUT2D eigenvalue weighted by Crippen LogP contribution is -2.37. The quantitative estimate of drug-likeness (QED) is 0.874. The monoisotopic (exact) mass is 297 g/mol. The van der Waals surface area contributed by atoms with Gasteiger partial charge in [0.1, 0.15) is 0 Å². The molecule has 1 saturated heterocycles. The minimum Gasteiger partial charge on any atom is -0.362 e. The van der Waals surface area contributed by atoms with Crippen molar-refractivity contribution in [2.45, 2.75) is 26.7 Å². The lowest BCUT2D eigenvalue weighted by molar-refractivity contribution is -0.129. The molecule has 0 spiro atoms. The number of carbonyl (C=O) groups is 1. The van der Waals surface area contributed by atoms with E-state index >= 15 is 0 Å². The standard InChI is InChI=1S/C18H23N3O/c1-3-9-20-10-6-11-21(13-18(20)22)17-12-14(2)19-16-8-5-4-7-15(16)17/h4-5,7-8,12H,3,6,9-11,13H2,1-2H3. The van der Waals surface area contributed by atoms with Gasteiger partial charge in [-0.2, -0.15) is 0 Å². The Bertz CT molecular complexity index is 683. The third kappa shape index (κ3) is 2.91. The highest BCUT2D eigenvalue weighted by Gasteiger charge is 2.22.